The van der Waals surface area contributed by atoms with Crippen LogP contribution in [0.25, 0.3) is 0 Å². The summed E-state index contributed by atoms with van der Waals surface area (Å²) < 4.78 is 1.80. The average molecular weight is 372 g/mol. The van der Waals surface area contributed by atoms with Gasteiger partial charge in [0.15, 0.2) is 0 Å². The van der Waals surface area contributed by atoms with Crippen LogP contribution in [-0.2, 0) is 16.1 Å². The van der Waals surface area contributed by atoms with Crippen LogP contribution in [-0.4, -0.2) is 38.5 Å². The van der Waals surface area contributed by atoms with Crippen molar-refractivity contribution in [1.82, 2.24) is 14.9 Å². The highest BCUT2D eigenvalue weighted by Gasteiger charge is 2.25. The molecule has 8 nitrogen and oxygen atoms in total. The molecule has 2 amide bonds. The molecule has 0 aliphatic rings. The molecule has 0 aliphatic heterocycles. The lowest BCUT2D eigenvalue weighted by molar-refractivity contribution is -0.140. The van der Waals surface area contributed by atoms with Crippen molar-refractivity contribution >= 4 is 23.5 Å². The van der Waals surface area contributed by atoms with Crippen LogP contribution in [0.5, 0.6) is 0 Å². The third-order valence-electron chi connectivity index (χ3n) is 4.33. The van der Waals surface area contributed by atoms with Crippen molar-refractivity contribution in [3.8, 4) is 0 Å². The molecular formula is C19H24N4O4. The zero-order valence-corrected chi connectivity index (χ0v) is 15.4. The number of carbonyl (C=O) groups is 3. The van der Waals surface area contributed by atoms with E-state index in [-0.39, 0.29) is 23.8 Å². The van der Waals surface area contributed by atoms with Gasteiger partial charge in [0.1, 0.15) is 6.04 Å². The number of carboxylic acid groups (broad SMARTS) is 1. The monoisotopic (exact) mass is 372 g/mol. The minimum atomic E-state index is -1.07. The second-order valence-electron chi connectivity index (χ2n) is 6.35. The number of anilines is 1. The summed E-state index contributed by atoms with van der Waals surface area (Å²) in [6, 6.07) is 5.46. The van der Waals surface area contributed by atoms with Gasteiger partial charge in [0.05, 0.1) is 6.33 Å². The molecular weight excluding hydrogens is 348 g/mol. The summed E-state index contributed by atoms with van der Waals surface area (Å²) in [5.41, 5.74) is 0.769. The fraction of sp³-hybridized carbons (Fsp3) is 0.368. The Kier molecular flexibility index (Phi) is 7.10. The first-order chi connectivity index (χ1) is 12.9. The average Bonchev–Trinajstić information content (AvgIpc) is 3.17. The van der Waals surface area contributed by atoms with E-state index in [2.05, 4.69) is 15.6 Å². The Morgan fingerprint density at radius 2 is 2.07 bits per heavy atom. The van der Waals surface area contributed by atoms with Crippen LogP contribution in [0.1, 0.15) is 37.0 Å². The molecule has 0 unspecified atom stereocenters. The van der Waals surface area contributed by atoms with Gasteiger partial charge in [-0.25, -0.2) is 9.78 Å². The second kappa shape index (κ2) is 9.51. The van der Waals surface area contributed by atoms with Gasteiger partial charge in [0.2, 0.25) is 5.91 Å². The molecule has 0 radical (unpaired) electrons. The summed E-state index contributed by atoms with van der Waals surface area (Å²) in [4.78, 5) is 39.7. The Morgan fingerprint density at radius 3 is 2.70 bits per heavy atom. The highest BCUT2D eigenvalue weighted by Crippen LogP contribution is 2.13. The number of rotatable bonds is 9. The van der Waals surface area contributed by atoms with Gasteiger partial charge in [-0.2, -0.15) is 0 Å². The molecule has 1 aromatic carbocycles. The Balaban J connectivity index is 1.97. The summed E-state index contributed by atoms with van der Waals surface area (Å²) in [7, 11) is 0. The maximum atomic E-state index is 12.4. The normalized spacial score (nSPS) is 12.8. The van der Waals surface area contributed by atoms with Gasteiger partial charge in [-0.3, -0.25) is 9.59 Å². The van der Waals surface area contributed by atoms with Crippen molar-refractivity contribution in [1.29, 1.82) is 0 Å². The lowest BCUT2D eigenvalue weighted by Crippen LogP contribution is -2.45. The van der Waals surface area contributed by atoms with Crippen molar-refractivity contribution in [2.45, 2.75) is 39.3 Å². The number of aromatic nitrogens is 2. The number of benzene rings is 1. The predicted octanol–water partition coefficient (Wildman–Crippen LogP) is 2.14. The van der Waals surface area contributed by atoms with E-state index in [9.17, 15) is 19.5 Å². The number of aryl methyl sites for hydroxylation is 1. The quantitative estimate of drug-likeness (QED) is 0.624. The molecule has 2 rings (SSSR count). The number of aliphatic carboxylic acids is 1. The molecule has 2 aromatic rings. The van der Waals surface area contributed by atoms with Crippen LogP contribution in [0.3, 0.4) is 0 Å². The number of imidazole rings is 1. The van der Waals surface area contributed by atoms with Crippen molar-refractivity contribution in [3.05, 3.63) is 48.5 Å². The minimum Gasteiger partial charge on any atom is -0.480 e. The van der Waals surface area contributed by atoms with E-state index < -0.39 is 17.9 Å². The zero-order valence-electron chi connectivity index (χ0n) is 15.4. The van der Waals surface area contributed by atoms with Gasteiger partial charge in [-0.1, -0.05) is 26.3 Å². The van der Waals surface area contributed by atoms with E-state index in [1.54, 1.807) is 48.4 Å². The smallest absolute Gasteiger partial charge is 0.326 e. The zero-order chi connectivity index (χ0) is 19.8. The number of carbonyl (C=O) groups excluding carboxylic acids is 2. The van der Waals surface area contributed by atoms with E-state index >= 15 is 0 Å². The molecule has 8 heteroatoms. The number of hydrogen-bond donors (Lipinski definition) is 3. The molecule has 0 bridgehead atoms. The number of hydrogen-bond acceptors (Lipinski definition) is 4. The Labute approximate surface area is 157 Å². The first-order valence-corrected chi connectivity index (χ1v) is 8.80. The molecule has 0 saturated carbocycles. The summed E-state index contributed by atoms with van der Waals surface area (Å²) in [6.45, 7) is 4.14. The third-order valence-corrected chi connectivity index (χ3v) is 4.33. The fourth-order valence-corrected chi connectivity index (χ4v) is 2.52. The Morgan fingerprint density at radius 1 is 1.30 bits per heavy atom. The lowest BCUT2D eigenvalue weighted by atomic mass is 9.99. The number of carboxylic acids is 1. The van der Waals surface area contributed by atoms with Crippen LogP contribution >= 0.6 is 0 Å². The highest BCUT2D eigenvalue weighted by atomic mass is 16.4. The summed E-state index contributed by atoms with van der Waals surface area (Å²) in [5, 5.41) is 14.6. The van der Waals surface area contributed by atoms with Crippen LogP contribution in [0.2, 0.25) is 0 Å². The van der Waals surface area contributed by atoms with Gasteiger partial charge in [0, 0.05) is 36.6 Å². The molecule has 1 heterocycles. The summed E-state index contributed by atoms with van der Waals surface area (Å²) in [6.07, 6.45) is 5.94. The summed E-state index contributed by atoms with van der Waals surface area (Å²) >= 11 is 0. The molecule has 3 N–H and O–H groups in total. The minimum absolute atomic E-state index is 0.190. The molecule has 0 spiro atoms. The van der Waals surface area contributed by atoms with Gasteiger partial charge in [-0.05, 0) is 24.1 Å². The van der Waals surface area contributed by atoms with E-state index in [1.807, 2.05) is 6.92 Å². The van der Waals surface area contributed by atoms with E-state index in [4.69, 9.17) is 0 Å². The van der Waals surface area contributed by atoms with Gasteiger partial charge in [-0.15, -0.1) is 0 Å². The lowest BCUT2D eigenvalue weighted by Gasteiger charge is -2.20. The summed E-state index contributed by atoms with van der Waals surface area (Å²) in [5.74, 6) is -1.94. The molecule has 27 heavy (non-hydrogen) atoms. The van der Waals surface area contributed by atoms with Crippen molar-refractivity contribution in [2.24, 2.45) is 5.92 Å². The SMILES string of the molecule is CC[C@H](C)[C@H](NC(=O)c1cccc(NC(=O)CCn2ccnc2)c1)C(=O)O. The van der Waals surface area contributed by atoms with Crippen molar-refractivity contribution < 1.29 is 19.5 Å². The topological polar surface area (TPSA) is 113 Å². The molecule has 1 aromatic heterocycles. The fourth-order valence-electron chi connectivity index (χ4n) is 2.52. The third kappa shape index (κ3) is 5.95. The maximum absolute atomic E-state index is 12.4. The van der Waals surface area contributed by atoms with Gasteiger partial charge >= 0.3 is 5.97 Å². The van der Waals surface area contributed by atoms with Gasteiger partial charge in [0.25, 0.3) is 5.91 Å². The number of nitrogens with zero attached hydrogens (tertiary/aromatic N) is 2. The second-order valence-corrected chi connectivity index (χ2v) is 6.35. The number of amides is 2. The van der Waals surface area contributed by atoms with Gasteiger partial charge < -0.3 is 20.3 Å². The molecule has 144 valence electrons. The predicted molar refractivity (Wildman–Crippen MR) is 100 cm³/mol. The molecule has 0 saturated heterocycles. The molecule has 0 fully saturated rings. The molecule has 2 atom stereocenters. The number of nitrogens with one attached hydrogen (secondary N) is 2. The van der Waals surface area contributed by atoms with E-state index in [0.717, 1.165) is 0 Å². The van der Waals surface area contributed by atoms with Crippen LogP contribution in [0.4, 0.5) is 5.69 Å². The standard InChI is InChI=1S/C19H24N4O4/c1-3-13(2)17(19(26)27)22-18(25)14-5-4-6-15(11-14)21-16(24)7-9-23-10-8-20-12-23/h4-6,8,10-13,17H,3,7,9H2,1-2H3,(H,21,24)(H,22,25)(H,26,27)/t13-,17-/m0/s1. The first-order valence-electron chi connectivity index (χ1n) is 8.80. The van der Waals surface area contributed by atoms with Crippen molar-refractivity contribution in [2.75, 3.05) is 5.32 Å². The van der Waals surface area contributed by atoms with E-state index in [1.165, 1.54) is 6.07 Å². The Bertz CT molecular complexity index is 789. The largest absolute Gasteiger partial charge is 0.480 e. The molecule has 0 aliphatic carbocycles. The van der Waals surface area contributed by atoms with Crippen molar-refractivity contribution in [3.63, 3.8) is 0 Å². The van der Waals surface area contributed by atoms with E-state index in [0.29, 0.717) is 18.7 Å². The highest BCUT2D eigenvalue weighted by molar-refractivity contribution is 5.98. The van der Waals surface area contributed by atoms with Crippen LogP contribution in [0, 0.1) is 5.92 Å². The first kappa shape index (κ1) is 20.2. The van der Waals surface area contributed by atoms with Crippen LogP contribution < -0.4 is 10.6 Å². The maximum Gasteiger partial charge on any atom is 0.326 e. The Hall–Kier alpha value is -3.16. The van der Waals surface area contributed by atoms with Crippen LogP contribution in [0.15, 0.2) is 43.0 Å².